The molecule has 1 fully saturated rings. The number of carbonyl (C=O) groups excluding carboxylic acids is 2. The van der Waals surface area contributed by atoms with E-state index in [9.17, 15) is 14.7 Å². The lowest BCUT2D eigenvalue weighted by Crippen LogP contribution is -2.57. The summed E-state index contributed by atoms with van der Waals surface area (Å²) in [5, 5.41) is 10.2. The van der Waals surface area contributed by atoms with Gasteiger partial charge in [-0.2, -0.15) is 0 Å². The average molecular weight is 314 g/mol. The first kappa shape index (κ1) is 15.3. The number of nitrogens with zero attached hydrogens (tertiary/aromatic N) is 1. The Kier molecular flexibility index (Phi) is 3.92. The van der Waals surface area contributed by atoms with Gasteiger partial charge in [0.1, 0.15) is 0 Å². The van der Waals surface area contributed by atoms with Gasteiger partial charge in [0.2, 0.25) is 0 Å². The highest BCUT2D eigenvalue weighted by atomic mass is 16.3. The summed E-state index contributed by atoms with van der Waals surface area (Å²) >= 11 is 0. The topological polar surface area (TPSA) is 96.8 Å². The molecule has 1 unspecified atom stereocenters. The Labute approximate surface area is 133 Å². The van der Waals surface area contributed by atoms with Gasteiger partial charge in [0, 0.05) is 17.7 Å². The molecule has 2 aromatic rings. The minimum atomic E-state index is -1.64. The van der Waals surface area contributed by atoms with Crippen LogP contribution in [0, 0.1) is 0 Å². The molecule has 1 aliphatic rings. The maximum atomic E-state index is 12.7. The molecule has 1 atom stereocenters. The van der Waals surface area contributed by atoms with Crippen LogP contribution in [0.25, 0.3) is 11.1 Å². The molecule has 3 rings (SSSR count). The van der Waals surface area contributed by atoms with Crippen LogP contribution in [0.3, 0.4) is 0 Å². The summed E-state index contributed by atoms with van der Waals surface area (Å²) in [5.41, 5.74) is 5.86. The molecule has 0 radical (unpaired) electrons. The summed E-state index contributed by atoms with van der Waals surface area (Å²) < 4.78 is 5.06. The quantitative estimate of drug-likeness (QED) is 0.895. The SMILES string of the molecule is NC(=O)C1(O)CCCN(C(=O)c2cccc(-c3ccoc3)c2)C1. The fraction of sp³-hybridized carbons (Fsp3) is 0.294. The number of likely N-dealkylation sites (tertiary alicyclic amines) is 1. The van der Waals surface area contributed by atoms with Crippen LogP contribution >= 0.6 is 0 Å². The molecular weight excluding hydrogens is 296 g/mol. The van der Waals surface area contributed by atoms with Crippen molar-refractivity contribution in [2.45, 2.75) is 18.4 Å². The van der Waals surface area contributed by atoms with Crippen molar-refractivity contribution in [2.24, 2.45) is 5.73 Å². The first-order valence-electron chi connectivity index (χ1n) is 7.44. The molecule has 1 aliphatic heterocycles. The van der Waals surface area contributed by atoms with Crippen LogP contribution in [-0.2, 0) is 4.79 Å². The van der Waals surface area contributed by atoms with Gasteiger partial charge in [0.05, 0.1) is 19.1 Å². The molecule has 120 valence electrons. The van der Waals surface area contributed by atoms with E-state index in [0.29, 0.717) is 18.5 Å². The number of piperidine rings is 1. The number of amides is 2. The van der Waals surface area contributed by atoms with E-state index in [1.54, 1.807) is 30.7 Å². The van der Waals surface area contributed by atoms with E-state index >= 15 is 0 Å². The Balaban J connectivity index is 1.83. The van der Waals surface area contributed by atoms with Gasteiger partial charge < -0.3 is 20.2 Å². The number of β-amino-alcohol motifs (C(OH)–C–C–N with tert-alkyl or cyclic N) is 1. The van der Waals surface area contributed by atoms with Gasteiger partial charge >= 0.3 is 0 Å². The van der Waals surface area contributed by atoms with E-state index < -0.39 is 11.5 Å². The van der Waals surface area contributed by atoms with Gasteiger partial charge in [-0.25, -0.2) is 0 Å². The first-order chi connectivity index (χ1) is 11.0. The van der Waals surface area contributed by atoms with Crippen molar-refractivity contribution in [3.63, 3.8) is 0 Å². The Morgan fingerprint density at radius 3 is 2.78 bits per heavy atom. The third-order valence-corrected chi connectivity index (χ3v) is 4.18. The Morgan fingerprint density at radius 1 is 1.26 bits per heavy atom. The zero-order valence-electron chi connectivity index (χ0n) is 12.6. The Morgan fingerprint density at radius 2 is 2.09 bits per heavy atom. The van der Waals surface area contributed by atoms with E-state index in [0.717, 1.165) is 11.1 Å². The van der Waals surface area contributed by atoms with Crippen LogP contribution in [0.2, 0.25) is 0 Å². The normalized spacial score (nSPS) is 21.2. The predicted molar refractivity (Wildman–Crippen MR) is 83.4 cm³/mol. The van der Waals surface area contributed by atoms with Crippen molar-refractivity contribution in [2.75, 3.05) is 13.1 Å². The molecular formula is C17H18N2O4. The van der Waals surface area contributed by atoms with Gasteiger partial charge in [0.15, 0.2) is 5.60 Å². The molecule has 0 bridgehead atoms. The van der Waals surface area contributed by atoms with Crippen LogP contribution < -0.4 is 5.73 Å². The van der Waals surface area contributed by atoms with E-state index in [4.69, 9.17) is 10.2 Å². The largest absolute Gasteiger partial charge is 0.472 e. The summed E-state index contributed by atoms with van der Waals surface area (Å²) in [6, 6.07) is 8.97. The third-order valence-electron chi connectivity index (χ3n) is 4.18. The number of carbonyl (C=O) groups is 2. The van der Waals surface area contributed by atoms with E-state index in [2.05, 4.69) is 0 Å². The number of primary amides is 1. The van der Waals surface area contributed by atoms with Crippen LogP contribution in [0.5, 0.6) is 0 Å². The zero-order chi connectivity index (χ0) is 16.4. The molecule has 0 saturated carbocycles. The van der Waals surface area contributed by atoms with Crippen LogP contribution in [0.1, 0.15) is 23.2 Å². The van der Waals surface area contributed by atoms with Crippen LogP contribution in [0.15, 0.2) is 47.3 Å². The fourth-order valence-corrected chi connectivity index (χ4v) is 2.85. The molecule has 2 heterocycles. The smallest absolute Gasteiger partial charge is 0.253 e. The highest BCUT2D eigenvalue weighted by Crippen LogP contribution is 2.25. The number of nitrogens with two attached hydrogens (primary N) is 1. The van der Waals surface area contributed by atoms with E-state index in [1.807, 2.05) is 12.1 Å². The second-order valence-corrected chi connectivity index (χ2v) is 5.82. The average Bonchev–Trinajstić information content (AvgIpc) is 3.09. The van der Waals surface area contributed by atoms with E-state index in [-0.39, 0.29) is 18.9 Å². The monoisotopic (exact) mass is 314 g/mol. The molecule has 1 aromatic carbocycles. The van der Waals surface area contributed by atoms with Crippen molar-refractivity contribution in [1.82, 2.24) is 4.90 Å². The Bertz CT molecular complexity index is 726. The van der Waals surface area contributed by atoms with Crippen molar-refractivity contribution < 1.29 is 19.1 Å². The maximum Gasteiger partial charge on any atom is 0.253 e. The lowest BCUT2D eigenvalue weighted by molar-refractivity contribution is -0.140. The second kappa shape index (κ2) is 5.89. The van der Waals surface area contributed by atoms with Crippen LogP contribution in [0.4, 0.5) is 0 Å². The summed E-state index contributed by atoms with van der Waals surface area (Å²) in [7, 11) is 0. The highest BCUT2D eigenvalue weighted by molar-refractivity contribution is 5.96. The lowest BCUT2D eigenvalue weighted by Gasteiger charge is -2.37. The molecule has 6 nitrogen and oxygen atoms in total. The zero-order valence-corrected chi connectivity index (χ0v) is 12.6. The summed E-state index contributed by atoms with van der Waals surface area (Å²) in [6.07, 6.45) is 3.99. The van der Waals surface area contributed by atoms with E-state index in [1.165, 1.54) is 4.90 Å². The molecule has 0 spiro atoms. The fourth-order valence-electron chi connectivity index (χ4n) is 2.85. The summed E-state index contributed by atoms with van der Waals surface area (Å²) in [4.78, 5) is 25.6. The lowest BCUT2D eigenvalue weighted by atomic mass is 9.91. The van der Waals surface area contributed by atoms with Crippen molar-refractivity contribution in [1.29, 1.82) is 0 Å². The molecule has 1 saturated heterocycles. The van der Waals surface area contributed by atoms with Crippen molar-refractivity contribution in [3.05, 3.63) is 48.4 Å². The number of hydrogen-bond donors (Lipinski definition) is 2. The van der Waals surface area contributed by atoms with Crippen molar-refractivity contribution in [3.8, 4) is 11.1 Å². The maximum absolute atomic E-state index is 12.7. The molecule has 1 aromatic heterocycles. The molecule has 6 heteroatoms. The van der Waals surface area contributed by atoms with Gasteiger partial charge in [-0.3, -0.25) is 9.59 Å². The third kappa shape index (κ3) is 2.98. The van der Waals surface area contributed by atoms with Crippen molar-refractivity contribution >= 4 is 11.8 Å². The molecule has 0 aliphatic carbocycles. The van der Waals surface area contributed by atoms with Gasteiger partial charge in [0.25, 0.3) is 11.8 Å². The molecule has 3 N–H and O–H groups in total. The summed E-state index contributed by atoms with van der Waals surface area (Å²) in [5.74, 6) is -1.02. The number of benzene rings is 1. The summed E-state index contributed by atoms with van der Waals surface area (Å²) in [6.45, 7) is 0.418. The number of rotatable bonds is 3. The molecule has 2 amide bonds. The number of aliphatic hydroxyl groups is 1. The molecule has 23 heavy (non-hydrogen) atoms. The second-order valence-electron chi connectivity index (χ2n) is 5.82. The minimum Gasteiger partial charge on any atom is -0.472 e. The number of hydrogen-bond acceptors (Lipinski definition) is 4. The minimum absolute atomic E-state index is 0.0723. The first-order valence-corrected chi connectivity index (χ1v) is 7.44. The number of furan rings is 1. The Hall–Kier alpha value is -2.60. The van der Waals surface area contributed by atoms with Gasteiger partial charge in [-0.1, -0.05) is 12.1 Å². The van der Waals surface area contributed by atoms with Gasteiger partial charge in [-0.15, -0.1) is 0 Å². The van der Waals surface area contributed by atoms with Gasteiger partial charge in [-0.05, 0) is 36.6 Å². The standard InChI is InChI=1S/C17H18N2O4/c18-16(21)17(22)6-2-7-19(11-17)15(20)13-4-1-3-12(9-13)14-5-8-23-10-14/h1,3-5,8-10,22H,2,6-7,11H2,(H2,18,21). The predicted octanol–water partition coefficient (Wildman–Crippen LogP) is 1.40. The highest BCUT2D eigenvalue weighted by Gasteiger charge is 2.40. The van der Waals surface area contributed by atoms with Crippen LogP contribution in [-0.4, -0.2) is 40.5 Å².